The largest absolute Gasteiger partial charge is 0.349 e. The van der Waals surface area contributed by atoms with Crippen LogP contribution in [0.2, 0.25) is 0 Å². The first-order valence-corrected chi connectivity index (χ1v) is 5.62. The number of fused-ring (bicyclic) bond motifs is 1. The predicted octanol–water partition coefficient (Wildman–Crippen LogP) is -0.368. The van der Waals surface area contributed by atoms with Crippen molar-refractivity contribution in [2.45, 2.75) is 0 Å². The minimum atomic E-state index is 0.630. The third-order valence-corrected chi connectivity index (χ3v) is 3.07. The number of imidazole rings is 1. The molecule has 1 fully saturated rings. The van der Waals surface area contributed by atoms with E-state index in [0.717, 1.165) is 43.6 Å². The average Bonchev–Trinajstić information content (AvgIpc) is 2.69. The lowest BCUT2D eigenvalue weighted by Crippen LogP contribution is -2.44. The number of nitrogens with one attached hydrogen (secondary N) is 2. The van der Waals surface area contributed by atoms with Gasteiger partial charge in [0.15, 0.2) is 5.82 Å². The Hall–Kier alpha value is -1.56. The molecule has 6 heteroatoms. The van der Waals surface area contributed by atoms with E-state index in [1.165, 1.54) is 0 Å². The summed E-state index contributed by atoms with van der Waals surface area (Å²) in [5, 5.41) is 6.54. The third kappa shape index (κ3) is 1.46. The number of aromatic nitrogens is 2. The van der Waals surface area contributed by atoms with Crippen molar-refractivity contribution in [3.63, 3.8) is 0 Å². The van der Waals surface area contributed by atoms with Crippen molar-refractivity contribution in [2.75, 3.05) is 43.1 Å². The molecule has 2 aliphatic heterocycles. The highest BCUT2D eigenvalue weighted by atomic mass is 15.4. The number of piperazine rings is 1. The Kier molecular flexibility index (Phi) is 2.28. The van der Waals surface area contributed by atoms with Gasteiger partial charge < -0.3 is 20.1 Å². The van der Waals surface area contributed by atoms with Crippen LogP contribution in [0.1, 0.15) is 5.69 Å². The molecule has 86 valence electrons. The summed E-state index contributed by atoms with van der Waals surface area (Å²) in [6, 6.07) is 0. The summed E-state index contributed by atoms with van der Waals surface area (Å²) in [5.74, 6) is 1.98. The van der Waals surface area contributed by atoms with Crippen LogP contribution in [0.3, 0.4) is 0 Å². The summed E-state index contributed by atoms with van der Waals surface area (Å²) >= 11 is 0. The van der Waals surface area contributed by atoms with Crippen LogP contribution in [0.4, 0.5) is 11.8 Å². The first-order chi connectivity index (χ1) is 7.86. The lowest BCUT2D eigenvalue weighted by Gasteiger charge is -2.28. The number of rotatable bonds is 1. The van der Waals surface area contributed by atoms with Crippen LogP contribution in [-0.4, -0.2) is 48.6 Å². The summed E-state index contributed by atoms with van der Waals surface area (Å²) in [7, 11) is 2.04. The first-order valence-electron chi connectivity index (χ1n) is 5.62. The first kappa shape index (κ1) is 9.65. The highest BCUT2D eigenvalue weighted by Crippen LogP contribution is 2.22. The Morgan fingerprint density at radius 1 is 1.31 bits per heavy atom. The summed E-state index contributed by atoms with van der Waals surface area (Å²) in [6.07, 6.45) is 1.89. The summed E-state index contributed by atoms with van der Waals surface area (Å²) in [4.78, 5) is 11.2. The molecule has 1 aromatic heterocycles. The minimum Gasteiger partial charge on any atom is -0.349 e. The van der Waals surface area contributed by atoms with Crippen LogP contribution < -0.4 is 15.5 Å². The molecular weight excluding hydrogens is 204 g/mol. The fraction of sp³-hybridized carbons (Fsp3) is 0.600. The van der Waals surface area contributed by atoms with Crippen molar-refractivity contribution >= 4 is 18.0 Å². The monoisotopic (exact) mass is 220 g/mol. The zero-order chi connectivity index (χ0) is 11.0. The number of anilines is 2. The highest BCUT2D eigenvalue weighted by Gasteiger charge is 2.20. The van der Waals surface area contributed by atoms with Crippen molar-refractivity contribution < 1.29 is 0 Å². The molecule has 16 heavy (non-hydrogen) atoms. The quantitative estimate of drug-likeness (QED) is 0.678. The molecule has 3 heterocycles. The van der Waals surface area contributed by atoms with E-state index in [9.17, 15) is 0 Å². The molecule has 0 aromatic carbocycles. The maximum atomic E-state index is 4.63. The minimum absolute atomic E-state index is 0.630. The molecule has 2 N–H and O–H groups in total. The van der Waals surface area contributed by atoms with Crippen LogP contribution in [0.5, 0.6) is 0 Å². The van der Waals surface area contributed by atoms with Crippen molar-refractivity contribution in [3.05, 3.63) is 5.69 Å². The molecule has 0 radical (unpaired) electrons. The second kappa shape index (κ2) is 3.79. The van der Waals surface area contributed by atoms with E-state index in [1.807, 2.05) is 13.3 Å². The van der Waals surface area contributed by atoms with Gasteiger partial charge in [0.25, 0.3) is 0 Å². The molecule has 1 aromatic rings. The number of hydrogen-bond acceptors (Lipinski definition) is 5. The van der Waals surface area contributed by atoms with Gasteiger partial charge in [-0.25, -0.2) is 0 Å². The van der Waals surface area contributed by atoms with Crippen molar-refractivity contribution in [1.82, 2.24) is 14.9 Å². The lowest BCUT2D eigenvalue weighted by molar-refractivity contribution is 0.574. The zero-order valence-electron chi connectivity index (χ0n) is 9.40. The van der Waals surface area contributed by atoms with Gasteiger partial charge in [-0.3, -0.25) is 4.99 Å². The molecule has 2 aliphatic rings. The van der Waals surface area contributed by atoms with Crippen molar-refractivity contribution in [2.24, 2.45) is 12.0 Å². The van der Waals surface area contributed by atoms with E-state index >= 15 is 0 Å². The Morgan fingerprint density at radius 3 is 2.88 bits per heavy atom. The molecule has 1 saturated heterocycles. The molecule has 0 amide bonds. The fourth-order valence-corrected chi connectivity index (χ4v) is 2.18. The van der Waals surface area contributed by atoms with Crippen molar-refractivity contribution in [3.8, 4) is 0 Å². The summed E-state index contributed by atoms with van der Waals surface area (Å²) in [6.45, 7) is 4.71. The third-order valence-electron chi connectivity index (χ3n) is 3.07. The molecule has 6 nitrogen and oxygen atoms in total. The fourth-order valence-electron chi connectivity index (χ4n) is 2.18. The van der Waals surface area contributed by atoms with Gasteiger partial charge in [-0.15, -0.1) is 0 Å². The summed E-state index contributed by atoms with van der Waals surface area (Å²) < 4.78 is 2.11. The number of nitrogens with zero attached hydrogens (tertiary/aromatic N) is 4. The average molecular weight is 220 g/mol. The van der Waals surface area contributed by atoms with E-state index in [0.29, 0.717) is 6.67 Å². The molecule has 3 rings (SSSR count). The molecule has 0 aliphatic carbocycles. The summed E-state index contributed by atoms with van der Waals surface area (Å²) in [5.41, 5.74) is 1.07. The SMILES string of the molecule is Cn1c(N2CCNCC2)nc2c1C=NCN2. The lowest BCUT2D eigenvalue weighted by atomic mass is 10.4. The Balaban J connectivity index is 1.95. The van der Waals surface area contributed by atoms with Crippen LogP contribution in [0.15, 0.2) is 4.99 Å². The van der Waals surface area contributed by atoms with E-state index in [-0.39, 0.29) is 0 Å². The normalized spacial score (nSPS) is 19.4. The second-order valence-electron chi connectivity index (χ2n) is 4.09. The van der Waals surface area contributed by atoms with Crippen LogP contribution in [-0.2, 0) is 7.05 Å². The molecule has 0 spiro atoms. The topological polar surface area (TPSA) is 57.5 Å². The number of hydrogen-bond donors (Lipinski definition) is 2. The van der Waals surface area contributed by atoms with Gasteiger partial charge in [-0.2, -0.15) is 4.98 Å². The Labute approximate surface area is 94.4 Å². The van der Waals surface area contributed by atoms with Gasteiger partial charge in [0.05, 0.1) is 6.21 Å². The molecule has 0 bridgehead atoms. The Morgan fingerprint density at radius 2 is 2.12 bits per heavy atom. The van der Waals surface area contributed by atoms with Gasteiger partial charge in [0.2, 0.25) is 5.95 Å². The van der Waals surface area contributed by atoms with Gasteiger partial charge >= 0.3 is 0 Å². The van der Waals surface area contributed by atoms with Gasteiger partial charge in [0, 0.05) is 33.2 Å². The van der Waals surface area contributed by atoms with E-state index < -0.39 is 0 Å². The second-order valence-corrected chi connectivity index (χ2v) is 4.09. The van der Waals surface area contributed by atoms with Crippen LogP contribution in [0, 0.1) is 0 Å². The van der Waals surface area contributed by atoms with Crippen LogP contribution in [0.25, 0.3) is 0 Å². The molecule has 0 saturated carbocycles. The van der Waals surface area contributed by atoms with Crippen LogP contribution >= 0.6 is 0 Å². The molecule has 0 atom stereocenters. The molecule has 0 unspecified atom stereocenters. The maximum absolute atomic E-state index is 4.63. The number of aliphatic imine (C=N–C) groups is 1. The van der Waals surface area contributed by atoms with Crippen molar-refractivity contribution in [1.29, 1.82) is 0 Å². The van der Waals surface area contributed by atoms with Gasteiger partial charge in [-0.1, -0.05) is 0 Å². The van der Waals surface area contributed by atoms with Gasteiger partial charge in [0.1, 0.15) is 12.4 Å². The van der Waals surface area contributed by atoms with E-state index in [1.54, 1.807) is 0 Å². The molecular formula is C10H16N6. The highest BCUT2D eigenvalue weighted by molar-refractivity contribution is 5.87. The van der Waals surface area contributed by atoms with Gasteiger partial charge in [-0.05, 0) is 0 Å². The standard InChI is InChI=1S/C10H16N6/c1-15-8-6-12-7-13-9(8)14-10(15)16-4-2-11-3-5-16/h6,11,13H,2-5,7H2,1H3. The smallest absolute Gasteiger partial charge is 0.207 e. The zero-order valence-corrected chi connectivity index (χ0v) is 9.40. The maximum Gasteiger partial charge on any atom is 0.207 e. The Bertz CT molecular complexity index is 415. The van der Waals surface area contributed by atoms with E-state index in [2.05, 4.69) is 30.1 Å². The predicted molar refractivity (Wildman–Crippen MR) is 64.4 cm³/mol. The van der Waals surface area contributed by atoms with E-state index in [4.69, 9.17) is 0 Å².